The second-order valence-corrected chi connectivity index (χ2v) is 4.14. The molecule has 2 rings (SSSR count). The summed E-state index contributed by atoms with van der Waals surface area (Å²) < 4.78 is 0. The highest BCUT2D eigenvalue weighted by Crippen LogP contribution is 2.21. The Balaban J connectivity index is 2.16. The van der Waals surface area contributed by atoms with Gasteiger partial charge >= 0.3 is 0 Å². The van der Waals surface area contributed by atoms with Gasteiger partial charge in [0, 0.05) is 19.3 Å². The van der Waals surface area contributed by atoms with Crippen LogP contribution >= 0.6 is 11.6 Å². The van der Waals surface area contributed by atoms with Crippen molar-refractivity contribution in [2.45, 2.75) is 18.7 Å². The second kappa shape index (κ2) is 3.54. The number of hydrogen-bond acceptors (Lipinski definition) is 2. The molecule has 1 fully saturated rings. The van der Waals surface area contributed by atoms with Crippen LogP contribution in [0.3, 0.4) is 0 Å². The van der Waals surface area contributed by atoms with Crippen LogP contribution in [-0.2, 0) is 0 Å². The highest BCUT2D eigenvalue weighted by Gasteiger charge is 2.20. The summed E-state index contributed by atoms with van der Waals surface area (Å²) >= 11 is 6.03. The van der Waals surface area contributed by atoms with Gasteiger partial charge in [-0.25, -0.2) is 4.98 Å². The molecular formula is C10H13ClN2. The summed E-state index contributed by atoms with van der Waals surface area (Å²) in [7, 11) is 0. The molecule has 2 heterocycles. The van der Waals surface area contributed by atoms with E-state index in [9.17, 15) is 0 Å². The van der Waals surface area contributed by atoms with Crippen LogP contribution < -0.4 is 4.90 Å². The van der Waals surface area contributed by atoms with Crippen molar-refractivity contribution in [2.24, 2.45) is 0 Å². The van der Waals surface area contributed by atoms with E-state index in [2.05, 4.69) is 22.9 Å². The lowest BCUT2D eigenvalue weighted by molar-refractivity contribution is 0.936. The van der Waals surface area contributed by atoms with Crippen LogP contribution in [0.15, 0.2) is 18.3 Å². The molecule has 1 saturated heterocycles. The Kier molecular flexibility index (Phi) is 2.40. The van der Waals surface area contributed by atoms with Crippen molar-refractivity contribution in [2.75, 3.05) is 18.0 Å². The lowest BCUT2D eigenvalue weighted by Gasteiger charge is -2.16. The summed E-state index contributed by atoms with van der Waals surface area (Å²) in [6.45, 7) is 4.04. The third-order valence-electron chi connectivity index (χ3n) is 2.36. The van der Waals surface area contributed by atoms with Gasteiger partial charge in [-0.2, -0.15) is 0 Å². The maximum absolute atomic E-state index is 6.03. The topological polar surface area (TPSA) is 16.1 Å². The molecule has 1 aromatic rings. The molecule has 13 heavy (non-hydrogen) atoms. The van der Waals surface area contributed by atoms with Crippen molar-refractivity contribution in [1.82, 2.24) is 4.98 Å². The first-order valence-electron chi connectivity index (χ1n) is 4.57. The predicted octanol–water partition coefficient (Wildman–Crippen LogP) is 2.21. The molecule has 70 valence electrons. The minimum atomic E-state index is 0.294. The number of aromatic nitrogens is 1. The van der Waals surface area contributed by atoms with Gasteiger partial charge in [0.2, 0.25) is 0 Å². The molecule has 0 aromatic carbocycles. The van der Waals surface area contributed by atoms with Gasteiger partial charge in [-0.1, -0.05) is 0 Å². The molecule has 0 saturated carbocycles. The fraction of sp³-hybridized carbons (Fsp3) is 0.500. The molecule has 1 atom stereocenters. The molecule has 0 amide bonds. The summed E-state index contributed by atoms with van der Waals surface area (Å²) in [4.78, 5) is 6.56. The molecular weight excluding hydrogens is 184 g/mol. The van der Waals surface area contributed by atoms with E-state index in [4.69, 9.17) is 11.6 Å². The number of nitrogens with zero attached hydrogens (tertiary/aromatic N) is 2. The van der Waals surface area contributed by atoms with E-state index < -0.39 is 0 Å². The van der Waals surface area contributed by atoms with Crippen LogP contribution in [0.2, 0.25) is 0 Å². The van der Waals surface area contributed by atoms with Gasteiger partial charge in [0.1, 0.15) is 5.82 Å². The zero-order valence-electron chi connectivity index (χ0n) is 7.70. The van der Waals surface area contributed by atoms with Crippen LogP contribution in [0.4, 0.5) is 5.82 Å². The molecule has 0 bridgehead atoms. The molecule has 0 radical (unpaired) electrons. The minimum absolute atomic E-state index is 0.294. The molecule has 1 aliphatic heterocycles. The molecule has 0 N–H and O–H groups in total. The van der Waals surface area contributed by atoms with E-state index in [1.165, 1.54) is 5.56 Å². The molecule has 0 spiro atoms. The maximum atomic E-state index is 6.03. The maximum Gasteiger partial charge on any atom is 0.128 e. The number of rotatable bonds is 1. The van der Waals surface area contributed by atoms with Crippen LogP contribution in [-0.4, -0.2) is 23.5 Å². The number of alkyl halides is 1. The highest BCUT2D eigenvalue weighted by atomic mass is 35.5. The SMILES string of the molecule is Cc1ccnc(N2CCC(Cl)C2)c1. The summed E-state index contributed by atoms with van der Waals surface area (Å²) in [6.07, 6.45) is 2.92. The largest absolute Gasteiger partial charge is 0.355 e. The third kappa shape index (κ3) is 1.94. The highest BCUT2D eigenvalue weighted by molar-refractivity contribution is 6.21. The Hall–Kier alpha value is -0.760. The Morgan fingerprint density at radius 3 is 3.08 bits per heavy atom. The fourth-order valence-corrected chi connectivity index (χ4v) is 1.88. The Labute approximate surface area is 83.5 Å². The Morgan fingerprint density at radius 1 is 1.62 bits per heavy atom. The van der Waals surface area contributed by atoms with Crippen LogP contribution in [0.5, 0.6) is 0 Å². The van der Waals surface area contributed by atoms with Crippen molar-refractivity contribution in [3.05, 3.63) is 23.9 Å². The number of anilines is 1. The van der Waals surface area contributed by atoms with Crippen molar-refractivity contribution in [3.63, 3.8) is 0 Å². The Bertz CT molecular complexity index is 301. The first-order valence-corrected chi connectivity index (χ1v) is 5.01. The summed E-state index contributed by atoms with van der Waals surface area (Å²) in [5.74, 6) is 1.06. The van der Waals surface area contributed by atoms with E-state index in [0.29, 0.717) is 5.38 Å². The van der Waals surface area contributed by atoms with Gasteiger partial charge in [0.15, 0.2) is 0 Å². The monoisotopic (exact) mass is 196 g/mol. The fourth-order valence-electron chi connectivity index (χ4n) is 1.62. The second-order valence-electron chi connectivity index (χ2n) is 3.52. The first kappa shape index (κ1) is 8.82. The van der Waals surface area contributed by atoms with Crippen LogP contribution in [0.25, 0.3) is 0 Å². The van der Waals surface area contributed by atoms with E-state index in [0.717, 1.165) is 25.3 Å². The lowest BCUT2D eigenvalue weighted by Crippen LogP contribution is -2.20. The summed E-state index contributed by atoms with van der Waals surface area (Å²) in [5, 5.41) is 0.294. The molecule has 1 unspecified atom stereocenters. The minimum Gasteiger partial charge on any atom is -0.355 e. The third-order valence-corrected chi connectivity index (χ3v) is 2.71. The van der Waals surface area contributed by atoms with Gasteiger partial charge in [-0.3, -0.25) is 0 Å². The lowest BCUT2D eigenvalue weighted by atomic mass is 10.3. The molecule has 1 aromatic heterocycles. The van der Waals surface area contributed by atoms with Crippen molar-refractivity contribution >= 4 is 17.4 Å². The number of aryl methyl sites for hydroxylation is 1. The first-order chi connectivity index (χ1) is 6.25. The standard InChI is InChI=1S/C10H13ClN2/c1-8-2-4-12-10(6-8)13-5-3-9(11)7-13/h2,4,6,9H,3,5,7H2,1H3. The number of pyridine rings is 1. The zero-order valence-corrected chi connectivity index (χ0v) is 8.46. The predicted molar refractivity (Wildman–Crippen MR) is 55.4 cm³/mol. The van der Waals surface area contributed by atoms with Crippen LogP contribution in [0.1, 0.15) is 12.0 Å². The van der Waals surface area contributed by atoms with Gasteiger partial charge in [0.05, 0.1) is 5.38 Å². The number of halogens is 1. The Morgan fingerprint density at radius 2 is 2.46 bits per heavy atom. The van der Waals surface area contributed by atoms with E-state index >= 15 is 0 Å². The zero-order chi connectivity index (χ0) is 9.26. The number of hydrogen-bond donors (Lipinski definition) is 0. The average Bonchev–Trinajstić information content (AvgIpc) is 2.52. The molecule has 0 aliphatic carbocycles. The van der Waals surface area contributed by atoms with E-state index in [-0.39, 0.29) is 0 Å². The van der Waals surface area contributed by atoms with Gasteiger partial charge in [0.25, 0.3) is 0 Å². The summed E-state index contributed by atoms with van der Waals surface area (Å²) in [5.41, 5.74) is 1.25. The van der Waals surface area contributed by atoms with Crippen molar-refractivity contribution in [1.29, 1.82) is 0 Å². The molecule has 3 heteroatoms. The van der Waals surface area contributed by atoms with E-state index in [1.807, 2.05) is 12.3 Å². The smallest absolute Gasteiger partial charge is 0.128 e. The average molecular weight is 197 g/mol. The van der Waals surface area contributed by atoms with Crippen molar-refractivity contribution < 1.29 is 0 Å². The molecule has 2 nitrogen and oxygen atoms in total. The van der Waals surface area contributed by atoms with Crippen LogP contribution in [0, 0.1) is 6.92 Å². The van der Waals surface area contributed by atoms with Gasteiger partial charge < -0.3 is 4.90 Å². The van der Waals surface area contributed by atoms with Gasteiger partial charge in [-0.15, -0.1) is 11.6 Å². The van der Waals surface area contributed by atoms with E-state index in [1.54, 1.807) is 0 Å². The van der Waals surface area contributed by atoms with Gasteiger partial charge in [-0.05, 0) is 31.0 Å². The molecule has 1 aliphatic rings. The normalized spacial score (nSPS) is 22.3. The summed E-state index contributed by atoms with van der Waals surface area (Å²) in [6, 6.07) is 4.12. The quantitative estimate of drug-likeness (QED) is 0.641. The van der Waals surface area contributed by atoms with Crippen molar-refractivity contribution in [3.8, 4) is 0 Å².